The van der Waals surface area contributed by atoms with E-state index in [9.17, 15) is 22.8 Å². The zero-order valence-electron chi connectivity index (χ0n) is 28.2. The number of Topliss-reactive ketones (excluding diaryl/α,β-unsaturated/α-hetero) is 1. The molecule has 3 fully saturated rings. The average Bonchev–Trinajstić information content (AvgIpc) is 3.53. The predicted octanol–water partition coefficient (Wildman–Crippen LogP) is 4.72. The number of imide groups is 1. The number of rotatable bonds is 10. The van der Waals surface area contributed by atoms with Gasteiger partial charge in [0.1, 0.15) is 5.54 Å². The molecule has 1 spiro atoms. The van der Waals surface area contributed by atoms with Crippen molar-refractivity contribution in [3.8, 4) is 0 Å². The topological polar surface area (TPSA) is 107 Å². The highest BCUT2D eigenvalue weighted by molar-refractivity contribution is 7.90. The first-order valence-electron chi connectivity index (χ1n) is 16.6. The number of benzene rings is 2. The van der Waals surface area contributed by atoms with E-state index in [4.69, 9.17) is 0 Å². The summed E-state index contributed by atoms with van der Waals surface area (Å²) in [5.41, 5.74) is 0.818. The molecule has 46 heavy (non-hydrogen) atoms. The second kappa shape index (κ2) is 13.2. The monoisotopic (exact) mass is 650 g/mol. The largest absolute Gasteiger partial charge is 0.327 e. The van der Waals surface area contributed by atoms with Crippen molar-refractivity contribution in [3.63, 3.8) is 0 Å². The third-order valence-electron chi connectivity index (χ3n) is 9.81. The summed E-state index contributed by atoms with van der Waals surface area (Å²) in [5.74, 6) is 0.517. The number of ketones is 1. The molecule has 3 aliphatic heterocycles. The molecule has 5 rings (SSSR count). The van der Waals surface area contributed by atoms with Crippen molar-refractivity contribution >= 4 is 27.6 Å². The van der Waals surface area contributed by atoms with Crippen LogP contribution in [-0.4, -0.2) is 91.4 Å². The van der Waals surface area contributed by atoms with Gasteiger partial charge in [-0.1, -0.05) is 77.1 Å². The second-order valence-corrected chi connectivity index (χ2v) is 17.2. The summed E-state index contributed by atoms with van der Waals surface area (Å²) in [5, 5.41) is 3.56. The molecule has 1 N–H and O–H groups in total. The number of sulfone groups is 1. The Morgan fingerprint density at radius 3 is 2.17 bits per heavy atom. The lowest BCUT2D eigenvalue weighted by atomic mass is 9.76. The Labute approximate surface area is 274 Å². The molecule has 3 amide bonds. The maximum absolute atomic E-state index is 14.3. The van der Waals surface area contributed by atoms with Gasteiger partial charge in [-0.15, -0.1) is 0 Å². The summed E-state index contributed by atoms with van der Waals surface area (Å²) < 4.78 is 23.9. The van der Waals surface area contributed by atoms with E-state index in [1.807, 2.05) is 19.9 Å². The van der Waals surface area contributed by atoms with Gasteiger partial charge in [-0.2, -0.15) is 0 Å². The van der Waals surface area contributed by atoms with Crippen LogP contribution >= 0.6 is 0 Å². The van der Waals surface area contributed by atoms with Gasteiger partial charge in [0.05, 0.1) is 17.5 Å². The number of carbonyl (C=O) groups is 3. The number of carbonyl (C=O) groups excluding carboxylic acids is 3. The molecule has 2 aromatic rings. The van der Waals surface area contributed by atoms with E-state index >= 15 is 0 Å². The average molecular weight is 651 g/mol. The zero-order valence-corrected chi connectivity index (χ0v) is 29.0. The van der Waals surface area contributed by atoms with Crippen LogP contribution in [0.4, 0.5) is 4.79 Å². The van der Waals surface area contributed by atoms with Crippen molar-refractivity contribution in [3.05, 3.63) is 65.7 Å². The van der Waals surface area contributed by atoms with E-state index in [1.165, 1.54) is 22.6 Å². The van der Waals surface area contributed by atoms with Gasteiger partial charge in [-0.3, -0.25) is 19.4 Å². The lowest BCUT2D eigenvalue weighted by molar-refractivity contribution is -0.137. The molecule has 0 bridgehead atoms. The Morgan fingerprint density at radius 2 is 1.61 bits per heavy atom. The zero-order chi connectivity index (χ0) is 33.4. The summed E-state index contributed by atoms with van der Waals surface area (Å²) in [4.78, 5) is 47.9. The molecule has 3 saturated heterocycles. The fraction of sp³-hybridized carbons (Fsp3) is 0.583. The highest BCUT2D eigenvalue weighted by Gasteiger charge is 2.58. The number of nitrogens with one attached hydrogen (secondary N) is 1. The number of likely N-dealkylation sites (tertiary alicyclic amines) is 1. The Morgan fingerprint density at radius 1 is 0.978 bits per heavy atom. The summed E-state index contributed by atoms with van der Waals surface area (Å²) in [6, 6.07) is 16.2. The molecule has 250 valence electrons. The third-order valence-corrected chi connectivity index (χ3v) is 10.9. The molecule has 1 unspecified atom stereocenters. The molecular formula is C36H50N4O5S. The second-order valence-electron chi connectivity index (χ2n) is 15.1. The fourth-order valence-electron chi connectivity index (χ4n) is 7.66. The van der Waals surface area contributed by atoms with Crippen LogP contribution in [-0.2, 0) is 26.0 Å². The van der Waals surface area contributed by atoms with E-state index in [0.717, 1.165) is 19.3 Å². The predicted molar refractivity (Wildman–Crippen MR) is 179 cm³/mol. The van der Waals surface area contributed by atoms with Crippen molar-refractivity contribution in [2.75, 3.05) is 39.0 Å². The van der Waals surface area contributed by atoms with Crippen LogP contribution in [0.25, 0.3) is 0 Å². The summed E-state index contributed by atoms with van der Waals surface area (Å²) >= 11 is 0. The number of hydrogen-bond donors (Lipinski definition) is 1. The van der Waals surface area contributed by atoms with E-state index in [0.29, 0.717) is 44.5 Å². The Hall–Kier alpha value is -3.08. The van der Waals surface area contributed by atoms with Crippen LogP contribution in [0.2, 0.25) is 0 Å². The van der Waals surface area contributed by atoms with E-state index in [1.54, 1.807) is 17.0 Å². The van der Waals surface area contributed by atoms with Gasteiger partial charge in [-0.25, -0.2) is 13.2 Å². The van der Waals surface area contributed by atoms with Crippen LogP contribution in [0.1, 0.15) is 70.9 Å². The molecule has 2 aromatic carbocycles. The minimum Gasteiger partial charge on any atom is -0.316 e. The summed E-state index contributed by atoms with van der Waals surface area (Å²) in [7, 11) is -3.36. The highest BCUT2D eigenvalue weighted by Crippen LogP contribution is 2.42. The maximum atomic E-state index is 14.3. The van der Waals surface area contributed by atoms with Crippen LogP contribution in [0.15, 0.2) is 59.5 Å². The first-order chi connectivity index (χ1) is 21.6. The Bertz CT molecular complexity index is 1530. The van der Waals surface area contributed by atoms with Crippen molar-refractivity contribution in [1.29, 1.82) is 0 Å². The van der Waals surface area contributed by atoms with E-state index < -0.39 is 15.4 Å². The Balaban J connectivity index is 1.40. The highest BCUT2D eigenvalue weighted by atomic mass is 32.2. The van der Waals surface area contributed by atoms with Gasteiger partial charge in [0.2, 0.25) is 0 Å². The molecule has 0 saturated carbocycles. The van der Waals surface area contributed by atoms with E-state index in [-0.39, 0.29) is 58.4 Å². The maximum Gasteiger partial charge on any atom is 0.327 e. The van der Waals surface area contributed by atoms with Gasteiger partial charge in [0.15, 0.2) is 15.6 Å². The molecule has 0 radical (unpaired) electrons. The molecule has 3 aliphatic rings. The molecule has 0 aliphatic carbocycles. The lowest BCUT2D eigenvalue weighted by Crippen LogP contribution is -2.60. The number of piperidine rings is 1. The molecule has 9 nitrogen and oxygen atoms in total. The minimum atomic E-state index is -3.36. The number of nitrogens with zero attached hydrogens (tertiary/aromatic N) is 3. The smallest absolute Gasteiger partial charge is 0.316 e. The van der Waals surface area contributed by atoms with Crippen LogP contribution in [0.3, 0.4) is 0 Å². The first-order valence-corrected chi connectivity index (χ1v) is 18.4. The fourth-order valence-corrected chi connectivity index (χ4v) is 8.29. The quantitative estimate of drug-likeness (QED) is 0.371. The third kappa shape index (κ3) is 7.09. The number of hydrogen-bond acceptors (Lipinski definition) is 7. The molecular weight excluding hydrogens is 600 g/mol. The molecule has 10 heteroatoms. The van der Waals surface area contributed by atoms with Crippen LogP contribution < -0.4 is 5.32 Å². The summed E-state index contributed by atoms with van der Waals surface area (Å²) in [6.45, 7) is 13.6. The van der Waals surface area contributed by atoms with Crippen molar-refractivity contribution < 1.29 is 22.8 Å². The van der Waals surface area contributed by atoms with Crippen molar-refractivity contribution in [1.82, 2.24) is 20.0 Å². The van der Waals surface area contributed by atoms with Crippen LogP contribution in [0.5, 0.6) is 0 Å². The van der Waals surface area contributed by atoms with Gasteiger partial charge in [0.25, 0.3) is 5.91 Å². The Kier molecular flexibility index (Phi) is 9.83. The molecule has 0 aromatic heterocycles. The van der Waals surface area contributed by atoms with Gasteiger partial charge >= 0.3 is 6.03 Å². The summed E-state index contributed by atoms with van der Waals surface area (Å²) in [6.07, 6.45) is 2.55. The molecule has 3 atom stereocenters. The first kappa shape index (κ1) is 34.3. The minimum absolute atomic E-state index is 0.0843. The van der Waals surface area contributed by atoms with Gasteiger partial charge in [-0.05, 0) is 47.4 Å². The molecule has 3 heterocycles. The SMILES string of the molecule is CC(C)CN1C(=O)N(Cc2ccc(S(C)(=O)=O)cc2)C(=O)C12CCN(C(C(=O)CC(C)(C)C)[C@@H]1CNC[C@@H]1c1ccccc1)CC2. The van der Waals surface area contributed by atoms with Crippen molar-refractivity contribution in [2.24, 2.45) is 17.3 Å². The van der Waals surface area contributed by atoms with Gasteiger partial charge in [0, 0.05) is 57.2 Å². The normalized spacial score (nSPS) is 23.1. The lowest BCUT2D eigenvalue weighted by Gasteiger charge is -2.46. The number of urea groups is 1. The number of amides is 3. The standard InChI is InChI=1S/C36H50N4O5S/c1-25(2)23-40-34(43)39(24-26-12-14-28(15-13-26)46(6,44)45)33(42)36(40)16-18-38(19-17-36)32(31(41)20-35(3,4)5)30-22-37-21-29(30)27-10-8-7-9-11-27/h7-15,25,29-30,32,37H,16-24H2,1-6H3/t29-,30-,32?/m1/s1. The van der Waals surface area contributed by atoms with Crippen LogP contribution in [0, 0.1) is 17.3 Å². The van der Waals surface area contributed by atoms with Gasteiger partial charge < -0.3 is 10.2 Å². The van der Waals surface area contributed by atoms with Crippen molar-refractivity contribution in [2.45, 2.75) is 82.8 Å². The van der Waals surface area contributed by atoms with E-state index in [2.05, 4.69) is 55.3 Å².